The van der Waals surface area contributed by atoms with Gasteiger partial charge in [0.1, 0.15) is 0 Å². The van der Waals surface area contributed by atoms with Gasteiger partial charge in [-0.05, 0) is 6.92 Å². The quantitative estimate of drug-likeness (QED) is 0.283. The summed E-state index contributed by atoms with van der Waals surface area (Å²) in [7, 11) is 0.750. The summed E-state index contributed by atoms with van der Waals surface area (Å²) >= 11 is 0. The molecule has 0 saturated heterocycles. The van der Waals surface area contributed by atoms with Gasteiger partial charge in [0.2, 0.25) is 0 Å². The van der Waals surface area contributed by atoms with Crippen molar-refractivity contribution in [1.29, 1.82) is 0 Å². The van der Waals surface area contributed by atoms with Gasteiger partial charge in [0.15, 0.2) is 0 Å². The first-order valence-electron chi connectivity index (χ1n) is 5.51. The van der Waals surface area contributed by atoms with Crippen molar-refractivity contribution in [2.75, 3.05) is 0 Å². The van der Waals surface area contributed by atoms with Crippen molar-refractivity contribution in [2.24, 2.45) is 5.92 Å². The van der Waals surface area contributed by atoms with Crippen LogP contribution in [-0.2, 0) is 30.6 Å². The predicted octanol–water partition coefficient (Wildman–Crippen LogP) is -2.17. The topological polar surface area (TPSA) is 40.9 Å². The van der Waals surface area contributed by atoms with E-state index in [4.69, 9.17) is 10.5 Å². The van der Waals surface area contributed by atoms with Gasteiger partial charge in [-0.3, -0.25) is 6.08 Å². The van der Waals surface area contributed by atoms with E-state index in [0.29, 0.717) is 5.92 Å². The summed E-state index contributed by atoms with van der Waals surface area (Å²) in [5.74, 6) is -0.0231. The number of hydrogen-bond donors (Lipinski definition) is 0. The van der Waals surface area contributed by atoms with Gasteiger partial charge in [-0.15, -0.1) is 6.92 Å². The maximum Gasteiger partial charge on any atom is 4.00 e. The summed E-state index contributed by atoms with van der Waals surface area (Å²) in [6, 6.07) is 0. The molecule has 109 valence electrons. The first kappa shape index (κ1) is 31.8. The van der Waals surface area contributed by atoms with Crippen LogP contribution in [0.1, 0.15) is 34.6 Å². The number of allylic oxidation sites excluding steroid dienone is 4. The van der Waals surface area contributed by atoms with Gasteiger partial charge >= 0.3 is 25.8 Å². The van der Waals surface area contributed by atoms with Crippen molar-refractivity contribution in [2.45, 2.75) is 47.7 Å². The van der Waals surface area contributed by atoms with Crippen LogP contribution in [0.3, 0.4) is 0 Å². The van der Waals surface area contributed by atoms with Crippen LogP contribution < -0.4 is 24.8 Å². The standard InChI is InChI=1S/C9H13.C2H5NO.C2H7Si.2ClH.Hf/c1-6-5-7(2)9(4)8(6)3;1-2(3)4;1-3-2;;;/h6H,1-4H3;1H3,(H2,3,4);3H,1-2H3;2*1H;/q-1;;;;;+4/p-3. The van der Waals surface area contributed by atoms with Crippen LogP contribution in [-0.4, -0.2) is 15.4 Å². The molecule has 2 nitrogen and oxygen atoms in total. The van der Waals surface area contributed by atoms with Gasteiger partial charge in [-0.2, -0.15) is 11.1 Å². The number of halogens is 2. The number of rotatable bonds is 0. The van der Waals surface area contributed by atoms with Crippen molar-refractivity contribution < 1.29 is 55.5 Å². The van der Waals surface area contributed by atoms with E-state index < -0.39 is 5.91 Å². The van der Waals surface area contributed by atoms with Gasteiger partial charge in [-0.25, -0.2) is 5.57 Å². The second kappa shape index (κ2) is 18.6. The fourth-order valence-corrected chi connectivity index (χ4v) is 1.16. The van der Waals surface area contributed by atoms with E-state index >= 15 is 0 Å². The Bertz CT molecular complexity index is 290. The van der Waals surface area contributed by atoms with Crippen LogP contribution in [0.15, 0.2) is 16.7 Å². The van der Waals surface area contributed by atoms with E-state index in [1.54, 1.807) is 0 Å². The predicted molar refractivity (Wildman–Crippen MR) is 73.8 cm³/mol. The molecule has 6 heteroatoms. The molecule has 19 heavy (non-hydrogen) atoms. The molecular weight excluding hydrogens is 464 g/mol. The monoisotopic (exact) mass is 488 g/mol. The fraction of sp³-hybridized carbons (Fsp3) is 0.615. The third kappa shape index (κ3) is 18.6. The van der Waals surface area contributed by atoms with Gasteiger partial charge in [-0.1, -0.05) is 39.8 Å². The number of carbonyl (C=O) groups excluding carboxylic acids is 1. The van der Waals surface area contributed by atoms with Gasteiger partial charge in [0, 0.05) is 15.4 Å². The van der Waals surface area contributed by atoms with E-state index in [1.807, 2.05) is 0 Å². The molecule has 0 aromatic carbocycles. The molecule has 0 heterocycles. The third-order valence-electron chi connectivity index (χ3n) is 2.24. The molecule has 0 aromatic heterocycles. The Morgan fingerprint density at radius 3 is 1.53 bits per heavy atom. The Labute approximate surface area is 152 Å². The smallest absolute Gasteiger partial charge is 1.00 e. The van der Waals surface area contributed by atoms with E-state index in [2.05, 4.69) is 46.9 Å². The van der Waals surface area contributed by atoms with Gasteiger partial charge in [0.05, 0.1) is 0 Å². The Morgan fingerprint density at radius 2 is 1.47 bits per heavy atom. The first-order valence-corrected chi connectivity index (χ1v) is 7.82. The Balaban J connectivity index is -0.0000000572. The molecule has 0 aliphatic heterocycles. The zero-order chi connectivity index (χ0) is 13.3. The molecule has 0 bridgehead atoms. The number of hydrogen-bond acceptors (Lipinski definition) is 1. The Kier molecular flexibility index (Phi) is 31.2. The maximum absolute atomic E-state index is 9.11. The van der Waals surface area contributed by atoms with Crippen LogP contribution in [0.4, 0.5) is 0 Å². The molecule has 0 spiro atoms. The molecule has 0 aromatic rings. The molecule has 1 unspecified atom stereocenters. The second-order valence-corrected chi connectivity index (χ2v) is 5.09. The molecule has 0 saturated carbocycles. The summed E-state index contributed by atoms with van der Waals surface area (Å²) < 4.78 is 0. The zero-order valence-corrected chi connectivity index (χ0v) is 19.1. The molecule has 1 aliphatic carbocycles. The minimum Gasteiger partial charge on any atom is -1.00 e. The maximum atomic E-state index is 9.11. The SMILES string of the molecule is CC([NH-])=O.CC1=[C-]C(C)C(C)=C1C.C[SiH]C.[Cl-].[Cl-].[Hf+4]. The molecule has 1 aliphatic rings. The summed E-state index contributed by atoms with van der Waals surface area (Å²) in [5.41, 5.74) is 10.2. The molecule has 1 radical (unpaired) electrons. The summed E-state index contributed by atoms with van der Waals surface area (Å²) in [6.07, 6.45) is 3.36. The van der Waals surface area contributed by atoms with Crippen LogP contribution >= 0.6 is 0 Å². The van der Waals surface area contributed by atoms with Crippen molar-refractivity contribution in [3.05, 3.63) is 28.5 Å². The molecule has 0 fully saturated rings. The fourth-order valence-electron chi connectivity index (χ4n) is 1.16. The van der Waals surface area contributed by atoms with Crippen LogP contribution in [0, 0.1) is 12.0 Å². The summed E-state index contributed by atoms with van der Waals surface area (Å²) in [5, 5.41) is 0. The van der Waals surface area contributed by atoms with Gasteiger partial charge < -0.3 is 35.3 Å². The van der Waals surface area contributed by atoms with E-state index in [0.717, 1.165) is 9.52 Å². The van der Waals surface area contributed by atoms with Crippen LogP contribution in [0.25, 0.3) is 5.73 Å². The molecule has 1 amide bonds. The van der Waals surface area contributed by atoms with Crippen LogP contribution in [0.5, 0.6) is 0 Å². The van der Waals surface area contributed by atoms with E-state index in [-0.39, 0.29) is 50.7 Å². The molecule has 1 atom stereocenters. The number of carbonyl (C=O) groups is 1. The third-order valence-corrected chi connectivity index (χ3v) is 2.24. The Morgan fingerprint density at radius 1 is 1.21 bits per heavy atom. The van der Waals surface area contributed by atoms with E-state index in [9.17, 15) is 0 Å². The van der Waals surface area contributed by atoms with Crippen LogP contribution in [0.2, 0.25) is 13.1 Å². The number of amides is 1. The van der Waals surface area contributed by atoms with Crippen molar-refractivity contribution >= 4 is 15.4 Å². The zero-order valence-electron chi connectivity index (χ0n) is 12.8. The summed E-state index contributed by atoms with van der Waals surface area (Å²) in [4.78, 5) is 9.11. The average Bonchev–Trinajstić information content (AvgIpc) is 2.34. The largest absolute Gasteiger partial charge is 4.00 e. The normalized spacial score (nSPS) is 15.1. The van der Waals surface area contributed by atoms with Crippen molar-refractivity contribution in [3.63, 3.8) is 0 Å². The molecule has 1 rings (SSSR count). The Hall–Kier alpha value is 0.617. The average molecular weight is 488 g/mol. The molecular formula is C13H24Cl2HfNOSi. The minimum atomic E-state index is -0.583. The second-order valence-electron chi connectivity index (χ2n) is 3.93. The first-order chi connectivity index (χ1) is 7.27. The summed E-state index contributed by atoms with van der Waals surface area (Å²) in [6.45, 7) is 14.3. The van der Waals surface area contributed by atoms with Gasteiger partial charge in [0.25, 0.3) is 0 Å². The van der Waals surface area contributed by atoms with Crippen molar-refractivity contribution in [1.82, 2.24) is 0 Å². The minimum absolute atomic E-state index is 0. The van der Waals surface area contributed by atoms with E-state index in [1.165, 1.54) is 23.6 Å². The van der Waals surface area contributed by atoms with Crippen molar-refractivity contribution in [3.8, 4) is 0 Å². The number of nitrogens with one attached hydrogen (secondary N) is 1. The molecule has 1 N–H and O–H groups in total.